The maximum atomic E-state index is 12.1. The van der Waals surface area contributed by atoms with Crippen LogP contribution in [-0.2, 0) is 9.59 Å². The number of hydrogen-bond acceptors (Lipinski definition) is 4. The molecule has 6 heteroatoms. The third-order valence-corrected chi connectivity index (χ3v) is 4.87. The summed E-state index contributed by atoms with van der Waals surface area (Å²) in [5, 5.41) is 4.21. The summed E-state index contributed by atoms with van der Waals surface area (Å²) in [6.07, 6.45) is 0. The van der Waals surface area contributed by atoms with Crippen molar-refractivity contribution in [3.05, 3.63) is 96.1 Å². The lowest BCUT2D eigenvalue weighted by Crippen LogP contribution is -2.51. The lowest BCUT2D eigenvalue weighted by Gasteiger charge is -2.25. The molecule has 0 bridgehead atoms. The summed E-state index contributed by atoms with van der Waals surface area (Å²) in [6.45, 7) is 1.69. The molecule has 0 aromatic heterocycles. The van der Waals surface area contributed by atoms with Crippen molar-refractivity contribution in [1.29, 1.82) is 0 Å². The van der Waals surface area contributed by atoms with Gasteiger partial charge in [0.1, 0.15) is 5.57 Å². The molecule has 4 rings (SSSR count). The van der Waals surface area contributed by atoms with E-state index < -0.39 is 17.8 Å². The first-order valence-corrected chi connectivity index (χ1v) is 9.43. The highest BCUT2D eigenvalue weighted by Gasteiger charge is 2.30. The van der Waals surface area contributed by atoms with Crippen LogP contribution in [-0.4, -0.2) is 17.8 Å². The molecular formula is C24H19N3O3. The van der Waals surface area contributed by atoms with Gasteiger partial charge in [-0.3, -0.25) is 20.2 Å². The minimum absolute atomic E-state index is 0.0645. The van der Waals surface area contributed by atoms with Crippen molar-refractivity contribution < 1.29 is 14.4 Å². The number of urea groups is 1. The lowest BCUT2D eigenvalue weighted by atomic mass is 9.99. The van der Waals surface area contributed by atoms with Crippen molar-refractivity contribution >= 4 is 40.5 Å². The minimum atomic E-state index is -0.807. The van der Waals surface area contributed by atoms with Gasteiger partial charge in [0.05, 0.1) is 0 Å². The van der Waals surface area contributed by atoms with Crippen LogP contribution in [0.3, 0.4) is 0 Å². The Morgan fingerprint density at radius 3 is 1.53 bits per heavy atom. The highest BCUT2D eigenvalue weighted by atomic mass is 16.2. The largest absolute Gasteiger partial charge is 0.328 e. The number of anilines is 3. The molecule has 3 aromatic carbocycles. The number of hydrogen-bond donors (Lipinski definition) is 2. The summed E-state index contributed by atoms with van der Waals surface area (Å²) >= 11 is 0. The molecule has 0 atom stereocenters. The van der Waals surface area contributed by atoms with Gasteiger partial charge in [-0.15, -0.1) is 0 Å². The molecule has 0 saturated carbocycles. The van der Waals surface area contributed by atoms with Crippen LogP contribution in [0.4, 0.5) is 21.9 Å². The highest BCUT2D eigenvalue weighted by molar-refractivity contribution is 6.32. The minimum Gasteiger partial charge on any atom is -0.311 e. The second-order valence-corrected chi connectivity index (χ2v) is 6.79. The van der Waals surface area contributed by atoms with Gasteiger partial charge >= 0.3 is 6.03 Å². The number of imide groups is 2. The number of amides is 4. The van der Waals surface area contributed by atoms with E-state index in [1.807, 2.05) is 84.9 Å². The zero-order chi connectivity index (χ0) is 21.1. The molecule has 1 fully saturated rings. The third-order valence-electron chi connectivity index (χ3n) is 4.87. The van der Waals surface area contributed by atoms with Crippen LogP contribution in [0.2, 0.25) is 0 Å². The number of carbonyl (C=O) groups excluding carboxylic acids is 3. The van der Waals surface area contributed by atoms with E-state index in [0.29, 0.717) is 5.57 Å². The molecular weight excluding hydrogens is 378 g/mol. The van der Waals surface area contributed by atoms with Gasteiger partial charge in [0.2, 0.25) is 0 Å². The van der Waals surface area contributed by atoms with Crippen molar-refractivity contribution in [2.75, 3.05) is 4.90 Å². The maximum Gasteiger partial charge on any atom is 0.328 e. The summed E-state index contributed by atoms with van der Waals surface area (Å²) < 4.78 is 0. The van der Waals surface area contributed by atoms with E-state index in [4.69, 9.17) is 0 Å². The van der Waals surface area contributed by atoms with E-state index in [1.165, 1.54) is 0 Å². The SMILES string of the molecule is CC(=C1C(=O)NC(=O)NC1=O)c1ccc(N(c2ccccc2)c2ccccc2)cc1. The van der Waals surface area contributed by atoms with Crippen LogP contribution in [0.25, 0.3) is 5.57 Å². The Morgan fingerprint density at radius 2 is 1.07 bits per heavy atom. The van der Waals surface area contributed by atoms with Crippen molar-refractivity contribution in [3.8, 4) is 0 Å². The number of carbonyl (C=O) groups is 3. The van der Waals surface area contributed by atoms with Crippen LogP contribution >= 0.6 is 0 Å². The van der Waals surface area contributed by atoms with Crippen LogP contribution < -0.4 is 15.5 Å². The summed E-state index contributed by atoms with van der Waals surface area (Å²) in [5.41, 5.74) is 4.10. The summed E-state index contributed by atoms with van der Waals surface area (Å²) in [4.78, 5) is 37.6. The first-order valence-electron chi connectivity index (χ1n) is 9.43. The molecule has 2 N–H and O–H groups in total. The average molecular weight is 397 g/mol. The fourth-order valence-electron chi connectivity index (χ4n) is 3.41. The zero-order valence-electron chi connectivity index (χ0n) is 16.3. The fourth-order valence-corrected chi connectivity index (χ4v) is 3.41. The van der Waals surface area contributed by atoms with E-state index in [2.05, 4.69) is 15.5 Å². The van der Waals surface area contributed by atoms with E-state index in [1.54, 1.807) is 6.92 Å². The molecule has 148 valence electrons. The number of allylic oxidation sites excluding steroid dienone is 1. The predicted molar refractivity (Wildman–Crippen MR) is 115 cm³/mol. The monoisotopic (exact) mass is 397 g/mol. The molecule has 1 saturated heterocycles. The molecule has 0 spiro atoms. The van der Waals surface area contributed by atoms with Gasteiger partial charge in [-0.1, -0.05) is 48.5 Å². The summed E-state index contributed by atoms with van der Waals surface area (Å²) in [7, 11) is 0. The Labute approximate surface area is 173 Å². The molecule has 3 aromatic rings. The van der Waals surface area contributed by atoms with Gasteiger partial charge < -0.3 is 4.90 Å². The molecule has 0 radical (unpaired) electrons. The van der Waals surface area contributed by atoms with E-state index in [9.17, 15) is 14.4 Å². The standard InChI is InChI=1S/C24H19N3O3/c1-16(21-22(28)25-24(30)26-23(21)29)17-12-14-20(15-13-17)27(18-8-4-2-5-9-18)19-10-6-3-7-11-19/h2-15H,1H3,(H2,25,26,28,29,30). The number of nitrogens with one attached hydrogen (secondary N) is 2. The molecule has 1 aliphatic rings. The zero-order valence-corrected chi connectivity index (χ0v) is 16.3. The normalized spacial score (nSPS) is 13.5. The number of benzene rings is 3. The second kappa shape index (κ2) is 8.05. The van der Waals surface area contributed by atoms with E-state index in [0.717, 1.165) is 22.6 Å². The van der Waals surface area contributed by atoms with Crippen molar-refractivity contribution in [1.82, 2.24) is 10.6 Å². The van der Waals surface area contributed by atoms with Gasteiger partial charge in [-0.25, -0.2) is 4.79 Å². The quantitative estimate of drug-likeness (QED) is 0.508. The van der Waals surface area contributed by atoms with Gasteiger partial charge in [0.25, 0.3) is 11.8 Å². The third kappa shape index (κ3) is 3.71. The fraction of sp³-hybridized carbons (Fsp3) is 0.0417. The number of barbiturate groups is 1. The molecule has 0 unspecified atom stereocenters. The van der Waals surface area contributed by atoms with Gasteiger partial charge in [-0.2, -0.15) is 0 Å². The van der Waals surface area contributed by atoms with Crippen LogP contribution in [0.5, 0.6) is 0 Å². The predicted octanol–water partition coefficient (Wildman–Crippen LogP) is 4.30. The Bertz CT molecular complexity index is 1080. The Hall–Kier alpha value is -4.19. The van der Waals surface area contributed by atoms with Crippen LogP contribution in [0.15, 0.2) is 90.5 Å². The van der Waals surface area contributed by atoms with E-state index in [-0.39, 0.29) is 5.57 Å². The van der Waals surface area contributed by atoms with E-state index >= 15 is 0 Å². The van der Waals surface area contributed by atoms with Crippen LogP contribution in [0, 0.1) is 0 Å². The topological polar surface area (TPSA) is 78.5 Å². The average Bonchev–Trinajstić information content (AvgIpc) is 2.75. The molecule has 30 heavy (non-hydrogen) atoms. The van der Waals surface area contributed by atoms with Gasteiger partial charge in [0.15, 0.2) is 0 Å². The summed E-state index contributed by atoms with van der Waals surface area (Å²) in [6, 6.07) is 26.8. The highest BCUT2D eigenvalue weighted by Crippen LogP contribution is 2.34. The smallest absolute Gasteiger partial charge is 0.311 e. The van der Waals surface area contributed by atoms with Crippen LogP contribution in [0.1, 0.15) is 12.5 Å². The van der Waals surface area contributed by atoms with Crippen molar-refractivity contribution in [3.63, 3.8) is 0 Å². The molecule has 0 aliphatic carbocycles. The molecule has 4 amide bonds. The Morgan fingerprint density at radius 1 is 0.633 bits per heavy atom. The molecule has 1 aliphatic heterocycles. The van der Waals surface area contributed by atoms with Gasteiger partial charge in [0, 0.05) is 17.1 Å². The van der Waals surface area contributed by atoms with Crippen molar-refractivity contribution in [2.24, 2.45) is 0 Å². The second-order valence-electron chi connectivity index (χ2n) is 6.79. The van der Waals surface area contributed by atoms with Gasteiger partial charge in [-0.05, 0) is 54.5 Å². The lowest BCUT2D eigenvalue weighted by molar-refractivity contribution is -0.123. The number of nitrogens with zero attached hydrogens (tertiary/aromatic N) is 1. The maximum absolute atomic E-state index is 12.1. The number of rotatable bonds is 4. The van der Waals surface area contributed by atoms with Crippen molar-refractivity contribution in [2.45, 2.75) is 6.92 Å². The Balaban J connectivity index is 1.73. The molecule has 6 nitrogen and oxygen atoms in total. The Kier molecular flexibility index (Phi) is 5.13. The first-order chi connectivity index (χ1) is 14.5. The number of para-hydroxylation sites is 2. The summed E-state index contributed by atoms with van der Waals surface area (Å²) in [5.74, 6) is -1.39. The first kappa shape index (κ1) is 19.1. The molecule has 1 heterocycles.